The Morgan fingerprint density at radius 3 is 2.42 bits per heavy atom. The Morgan fingerprint density at radius 1 is 1.08 bits per heavy atom. The molecule has 1 aromatic heterocycles. The minimum Gasteiger partial charge on any atom is -0.308 e. The van der Waals surface area contributed by atoms with Crippen LogP contribution in [-0.2, 0) is 6.54 Å². The lowest BCUT2D eigenvalue weighted by molar-refractivity contribution is 0.262. The molecule has 0 saturated heterocycles. The van der Waals surface area contributed by atoms with Crippen LogP contribution in [0.3, 0.4) is 0 Å². The summed E-state index contributed by atoms with van der Waals surface area (Å²) in [5, 5.41) is 10.4. The molecule has 0 aliphatic rings. The SMILES string of the molecule is CC(C)c1cc(NC(=O)Nc2ccc(Br)cc2)n(Cc2ccccc2)n1. The summed E-state index contributed by atoms with van der Waals surface area (Å²) in [6, 6.07) is 19.1. The van der Waals surface area contributed by atoms with Gasteiger partial charge < -0.3 is 5.32 Å². The van der Waals surface area contributed by atoms with E-state index in [1.807, 2.05) is 65.3 Å². The second-order valence-corrected chi connectivity index (χ2v) is 7.25. The zero-order valence-corrected chi connectivity index (χ0v) is 16.3. The summed E-state index contributed by atoms with van der Waals surface area (Å²) in [4.78, 5) is 12.4. The Balaban J connectivity index is 1.76. The second-order valence-electron chi connectivity index (χ2n) is 6.34. The molecule has 0 radical (unpaired) electrons. The fourth-order valence-electron chi connectivity index (χ4n) is 2.51. The first-order valence-corrected chi connectivity index (χ1v) is 9.26. The lowest BCUT2D eigenvalue weighted by Crippen LogP contribution is -2.21. The van der Waals surface area contributed by atoms with Crippen LogP contribution in [0.25, 0.3) is 0 Å². The van der Waals surface area contributed by atoms with Crippen LogP contribution < -0.4 is 10.6 Å². The zero-order valence-electron chi connectivity index (χ0n) is 14.7. The first-order chi connectivity index (χ1) is 12.5. The topological polar surface area (TPSA) is 59.0 Å². The van der Waals surface area contributed by atoms with Crippen molar-refractivity contribution in [2.75, 3.05) is 10.6 Å². The maximum Gasteiger partial charge on any atom is 0.324 e. The number of carbonyl (C=O) groups is 1. The molecule has 0 atom stereocenters. The molecule has 1 heterocycles. The summed E-state index contributed by atoms with van der Waals surface area (Å²) in [5.41, 5.74) is 2.80. The maximum atomic E-state index is 12.4. The molecule has 0 bridgehead atoms. The van der Waals surface area contributed by atoms with E-state index in [1.165, 1.54) is 0 Å². The van der Waals surface area contributed by atoms with Crippen LogP contribution in [-0.4, -0.2) is 15.8 Å². The molecule has 0 spiro atoms. The van der Waals surface area contributed by atoms with Crippen molar-refractivity contribution >= 4 is 33.5 Å². The summed E-state index contributed by atoms with van der Waals surface area (Å²) in [7, 11) is 0. The molecule has 3 rings (SSSR count). The van der Waals surface area contributed by atoms with E-state index in [2.05, 4.69) is 45.5 Å². The van der Waals surface area contributed by atoms with Crippen LogP contribution in [0.15, 0.2) is 65.1 Å². The number of nitrogens with zero attached hydrogens (tertiary/aromatic N) is 2. The standard InChI is InChI=1S/C20H21BrN4O/c1-14(2)18-12-19(25(24-18)13-15-6-4-3-5-7-15)23-20(26)22-17-10-8-16(21)9-11-17/h3-12,14H,13H2,1-2H3,(H2,22,23,26). The van der Waals surface area contributed by atoms with Crippen molar-refractivity contribution in [2.45, 2.75) is 26.3 Å². The van der Waals surface area contributed by atoms with Crippen molar-refractivity contribution < 1.29 is 4.79 Å². The average Bonchev–Trinajstić information content (AvgIpc) is 3.00. The van der Waals surface area contributed by atoms with Gasteiger partial charge >= 0.3 is 6.03 Å². The fourth-order valence-corrected chi connectivity index (χ4v) is 2.77. The van der Waals surface area contributed by atoms with E-state index in [-0.39, 0.29) is 11.9 Å². The van der Waals surface area contributed by atoms with Gasteiger partial charge in [0.2, 0.25) is 0 Å². The van der Waals surface area contributed by atoms with Crippen LogP contribution in [0, 0.1) is 0 Å². The monoisotopic (exact) mass is 412 g/mol. The fraction of sp³-hybridized carbons (Fsp3) is 0.200. The highest BCUT2D eigenvalue weighted by molar-refractivity contribution is 9.10. The van der Waals surface area contributed by atoms with E-state index >= 15 is 0 Å². The molecule has 0 aliphatic carbocycles. The highest BCUT2D eigenvalue weighted by Crippen LogP contribution is 2.20. The van der Waals surface area contributed by atoms with Crippen LogP contribution in [0.4, 0.5) is 16.3 Å². The smallest absolute Gasteiger partial charge is 0.308 e. The largest absolute Gasteiger partial charge is 0.324 e. The third kappa shape index (κ3) is 4.73. The van der Waals surface area contributed by atoms with Gasteiger partial charge in [0.05, 0.1) is 12.2 Å². The molecule has 0 unspecified atom stereocenters. The van der Waals surface area contributed by atoms with E-state index in [1.54, 1.807) is 0 Å². The molecule has 0 aliphatic heterocycles. The van der Waals surface area contributed by atoms with Crippen LogP contribution in [0.2, 0.25) is 0 Å². The predicted molar refractivity (Wildman–Crippen MR) is 109 cm³/mol. The van der Waals surface area contributed by atoms with Gasteiger partial charge in [-0.1, -0.05) is 60.1 Å². The quantitative estimate of drug-likeness (QED) is 0.584. The van der Waals surface area contributed by atoms with E-state index in [0.717, 1.165) is 21.4 Å². The van der Waals surface area contributed by atoms with Gasteiger partial charge in [0.15, 0.2) is 0 Å². The average molecular weight is 413 g/mol. The van der Waals surface area contributed by atoms with Crippen LogP contribution in [0.5, 0.6) is 0 Å². The van der Waals surface area contributed by atoms with Crippen LogP contribution >= 0.6 is 15.9 Å². The number of hydrogen-bond donors (Lipinski definition) is 2. The Labute approximate surface area is 161 Å². The van der Waals surface area contributed by atoms with Crippen molar-refractivity contribution in [3.63, 3.8) is 0 Å². The van der Waals surface area contributed by atoms with E-state index in [4.69, 9.17) is 0 Å². The van der Waals surface area contributed by atoms with Crippen molar-refractivity contribution in [3.8, 4) is 0 Å². The summed E-state index contributed by atoms with van der Waals surface area (Å²) < 4.78 is 2.79. The number of hydrogen-bond acceptors (Lipinski definition) is 2. The Kier molecular flexibility index (Phi) is 5.73. The molecule has 5 nitrogen and oxygen atoms in total. The summed E-state index contributed by atoms with van der Waals surface area (Å²) in [6.45, 7) is 4.77. The predicted octanol–water partition coefficient (Wildman–Crippen LogP) is 5.46. The molecule has 2 aromatic carbocycles. The molecule has 2 N–H and O–H groups in total. The summed E-state index contributed by atoms with van der Waals surface area (Å²) in [6.07, 6.45) is 0. The summed E-state index contributed by atoms with van der Waals surface area (Å²) in [5.74, 6) is 0.953. The van der Waals surface area contributed by atoms with E-state index in [9.17, 15) is 4.79 Å². The molecular weight excluding hydrogens is 392 g/mol. The Morgan fingerprint density at radius 2 is 1.77 bits per heavy atom. The van der Waals surface area contributed by atoms with E-state index in [0.29, 0.717) is 12.4 Å². The number of anilines is 2. The van der Waals surface area contributed by atoms with Crippen molar-refractivity contribution in [1.29, 1.82) is 0 Å². The zero-order chi connectivity index (χ0) is 18.5. The molecular formula is C20H21BrN4O. The van der Waals surface area contributed by atoms with Gasteiger partial charge in [-0.25, -0.2) is 9.48 Å². The molecule has 134 valence electrons. The number of carbonyl (C=O) groups excluding carboxylic acids is 1. The molecule has 3 aromatic rings. The Bertz CT molecular complexity index is 873. The number of aromatic nitrogens is 2. The number of benzene rings is 2. The van der Waals surface area contributed by atoms with Crippen LogP contribution in [0.1, 0.15) is 31.0 Å². The lowest BCUT2D eigenvalue weighted by atomic mass is 10.1. The van der Waals surface area contributed by atoms with Gasteiger partial charge in [0.25, 0.3) is 0 Å². The molecule has 6 heteroatoms. The third-order valence-corrected chi connectivity index (χ3v) is 4.44. The molecule has 0 saturated carbocycles. The highest BCUT2D eigenvalue weighted by Gasteiger charge is 2.13. The van der Waals surface area contributed by atoms with Crippen molar-refractivity contribution in [3.05, 3.63) is 76.4 Å². The number of nitrogens with one attached hydrogen (secondary N) is 2. The first-order valence-electron chi connectivity index (χ1n) is 8.46. The summed E-state index contributed by atoms with van der Waals surface area (Å²) >= 11 is 3.38. The molecule has 2 amide bonds. The number of urea groups is 1. The highest BCUT2D eigenvalue weighted by atomic mass is 79.9. The number of rotatable bonds is 5. The van der Waals surface area contributed by atoms with Gasteiger partial charge in [0, 0.05) is 16.2 Å². The minimum absolute atomic E-state index is 0.280. The normalized spacial score (nSPS) is 10.8. The van der Waals surface area contributed by atoms with E-state index < -0.39 is 0 Å². The lowest BCUT2D eigenvalue weighted by Gasteiger charge is -2.10. The third-order valence-electron chi connectivity index (χ3n) is 3.91. The van der Waals surface area contributed by atoms with Gasteiger partial charge in [-0.15, -0.1) is 0 Å². The van der Waals surface area contributed by atoms with Gasteiger partial charge in [-0.05, 0) is 35.7 Å². The van der Waals surface area contributed by atoms with Gasteiger partial charge in [-0.2, -0.15) is 5.10 Å². The number of halogens is 1. The Hall–Kier alpha value is -2.60. The van der Waals surface area contributed by atoms with Gasteiger partial charge in [0.1, 0.15) is 5.82 Å². The minimum atomic E-state index is -0.295. The van der Waals surface area contributed by atoms with Crippen molar-refractivity contribution in [2.24, 2.45) is 0 Å². The molecule has 0 fully saturated rings. The number of amides is 2. The van der Waals surface area contributed by atoms with Crippen molar-refractivity contribution in [1.82, 2.24) is 9.78 Å². The second kappa shape index (κ2) is 8.19. The van der Waals surface area contributed by atoms with Gasteiger partial charge in [-0.3, -0.25) is 5.32 Å². The maximum absolute atomic E-state index is 12.4. The first kappa shape index (κ1) is 18.2. The molecule has 26 heavy (non-hydrogen) atoms.